The van der Waals surface area contributed by atoms with Crippen molar-refractivity contribution in [1.29, 1.82) is 0 Å². The third-order valence-corrected chi connectivity index (χ3v) is 0.866. The number of thiol groups is 1. The standard InChI is InChI=1S/C3H8S.CH4S/c1-3-4-2;1-2/h3H2,1-2H3;2H,1H3. The van der Waals surface area contributed by atoms with E-state index >= 15 is 0 Å². The van der Waals surface area contributed by atoms with Crippen molar-refractivity contribution in [3.8, 4) is 0 Å². The molecule has 0 aromatic carbocycles. The fourth-order valence-corrected chi connectivity index (χ4v) is 0. The zero-order chi connectivity index (χ0) is 5.41. The molecule has 0 saturated carbocycles. The molecule has 0 fully saturated rings. The van der Waals surface area contributed by atoms with Crippen molar-refractivity contribution in [3.63, 3.8) is 0 Å². The summed E-state index contributed by atoms with van der Waals surface area (Å²) < 4.78 is 0. The maximum atomic E-state index is 3.53. The van der Waals surface area contributed by atoms with Crippen LogP contribution in [-0.4, -0.2) is 18.3 Å². The second kappa shape index (κ2) is 17.3. The molecule has 0 aromatic rings. The lowest BCUT2D eigenvalue weighted by molar-refractivity contribution is 1.53. The van der Waals surface area contributed by atoms with E-state index in [1.807, 2.05) is 11.8 Å². The summed E-state index contributed by atoms with van der Waals surface area (Å²) in [5.74, 6) is 1.24. The Hall–Kier alpha value is 0.700. The maximum absolute atomic E-state index is 3.53. The minimum atomic E-state index is 1.24. The number of thioether (sulfide) groups is 1. The number of rotatable bonds is 1. The van der Waals surface area contributed by atoms with Crippen LogP contribution in [0.1, 0.15) is 6.92 Å². The van der Waals surface area contributed by atoms with E-state index in [1.165, 1.54) is 5.75 Å². The Balaban J connectivity index is 0. The quantitative estimate of drug-likeness (QED) is 0.521. The first-order valence-corrected chi connectivity index (χ1v) is 4.14. The summed E-state index contributed by atoms with van der Waals surface area (Å²) in [6.07, 6.45) is 3.79. The summed E-state index contributed by atoms with van der Waals surface area (Å²) in [5.41, 5.74) is 0. The van der Waals surface area contributed by atoms with E-state index in [0.29, 0.717) is 0 Å². The average molecular weight is 124 g/mol. The molecule has 6 heavy (non-hydrogen) atoms. The summed E-state index contributed by atoms with van der Waals surface area (Å²) in [6.45, 7) is 2.14. The Morgan fingerprint density at radius 2 is 1.67 bits per heavy atom. The molecule has 0 radical (unpaired) electrons. The van der Waals surface area contributed by atoms with E-state index in [2.05, 4.69) is 25.8 Å². The van der Waals surface area contributed by atoms with Crippen LogP contribution < -0.4 is 0 Å². The van der Waals surface area contributed by atoms with Gasteiger partial charge in [0, 0.05) is 0 Å². The van der Waals surface area contributed by atoms with Crippen molar-refractivity contribution in [3.05, 3.63) is 0 Å². The average Bonchev–Trinajstić information content (AvgIpc) is 1.72. The van der Waals surface area contributed by atoms with Crippen LogP contribution in [0.25, 0.3) is 0 Å². The lowest BCUT2D eigenvalue weighted by Gasteiger charge is -1.69. The highest BCUT2D eigenvalue weighted by molar-refractivity contribution is 7.98. The van der Waals surface area contributed by atoms with Gasteiger partial charge in [0.05, 0.1) is 0 Å². The first-order chi connectivity index (χ1) is 2.91. The molecule has 0 spiro atoms. The topological polar surface area (TPSA) is 0 Å². The van der Waals surface area contributed by atoms with E-state index in [1.54, 1.807) is 6.26 Å². The molecule has 0 aliphatic carbocycles. The van der Waals surface area contributed by atoms with Gasteiger partial charge in [-0.05, 0) is 18.3 Å². The van der Waals surface area contributed by atoms with Crippen LogP contribution in [0.2, 0.25) is 0 Å². The maximum Gasteiger partial charge on any atom is -0.00988 e. The third kappa shape index (κ3) is 22.3. The summed E-state index contributed by atoms with van der Waals surface area (Å²) in [5, 5.41) is 0. The van der Waals surface area contributed by atoms with Crippen molar-refractivity contribution >= 4 is 24.4 Å². The van der Waals surface area contributed by atoms with Crippen molar-refractivity contribution in [2.24, 2.45) is 0 Å². The molecule has 0 nitrogen and oxygen atoms in total. The van der Waals surface area contributed by atoms with Crippen molar-refractivity contribution in [1.82, 2.24) is 0 Å². The highest BCUT2D eigenvalue weighted by Crippen LogP contribution is 1.83. The monoisotopic (exact) mass is 124 g/mol. The van der Waals surface area contributed by atoms with Crippen LogP contribution in [0.5, 0.6) is 0 Å². The van der Waals surface area contributed by atoms with Gasteiger partial charge in [-0.1, -0.05) is 6.92 Å². The summed E-state index contributed by atoms with van der Waals surface area (Å²) in [7, 11) is 0. The highest BCUT2D eigenvalue weighted by Gasteiger charge is 1.55. The lowest BCUT2D eigenvalue weighted by Crippen LogP contribution is -1.52. The summed E-state index contributed by atoms with van der Waals surface area (Å²) in [6, 6.07) is 0. The zero-order valence-electron chi connectivity index (χ0n) is 4.56. The van der Waals surface area contributed by atoms with E-state index in [0.717, 1.165) is 0 Å². The molecular formula is C4H12S2. The molecule has 0 aromatic heterocycles. The Kier molecular flexibility index (Phi) is 28.4. The first-order valence-electron chi connectivity index (χ1n) is 1.85. The molecular weight excluding hydrogens is 112 g/mol. The van der Waals surface area contributed by atoms with Gasteiger partial charge in [0.25, 0.3) is 0 Å². The minimum Gasteiger partial charge on any atom is -0.183 e. The molecule has 2 heteroatoms. The second-order valence-electron chi connectivity index (χ2n) is 0.577. The molecule has 0 aliphatic heterocycles. The van der Waals surface area contributed by atoms with Crippen molar-refractivity contribution < 1.29 is 0 Å². The zero-order valence-corrected chi connectivity index (χ0v) is 6.27. The van der Waals surface area contributed by atoms with Crippen LogP contribution in [0, 0.1) is 0 Å². The van der Waals surface area contributed by atoms with Gasteiger partial charge in [0.15, 0.2) is 0 Å². The van der Waals surface area contributed by atoms with Gasteiger partial charge >= 0.3 is 0 Å². The van der Waals surface area contributed by atoms with E-state index in [-0.39, 0.29) is 0 Å². The summed E-state index contributed by atoms with van der Waals surface area (Å²) in [4.78, 5) is 0. The van der Waals surface area contributed by atoms with Gasteiger partial charge in [-0.15, -0.1) is 0 Å². The smallest absolute Gasteiger partial charge is 0.00988 e. The predicted octanol–water partition coefficient (Wildman–Crippen LogP) is 1.92. The molecule has 0 heterocycles. The molecule has 0 aliphatic rings. The Bertz CT molecular complexity index is 7.51. The fraction of sp³-hybridized carbons (Fsp3) is 1.00. The van der Waals surface area contributed by atoms with Crippen molar-refractivity contribution in [2.75, 3.05) is 18.3 Å². The normalized spacial score (nSPS) is 6.00. The van der Waals surface area contributed by atoms with Gasteiger partial charge in [-0.3, -0.25) is 0 Å². The highest BCUT2D eigenvalue weighted by atomic mass is 32.2. The molecule has 0 atom stereocenters. The van der Waals surface area contributed by atoms with Crippen LogP contribution in [0.4, 0.5) is 0 Å². The van der Waals surface area contributed by atoms with Gasteiger partial charge in [-0.2, -0.15) is 24.4 Å². The van der Waals surface area contributed by atoms with Crippen LogP contribution in [0.15, 0.2) is 0 Å². The van der Waals surface area contributed by atoms with E-state index in [4.69, 9.17) is 0 Å². The molecule has 0 N–H and O–H groups in total. The van der Waals surface area contributed by atoms with E-state index < -0.39 is 0 Å². The van der Waals surface area contributed by atoms with Gasteiger partial charge in [-0.25, -0.2) is 0 Å². The molecule has 0 unspecified atom stereocenters. The van der Waals surface area contributed by atoms with Gasteiger partial charge in [0.2, 0.25) is 0 Å². The first kappa shape index (κ1) is 9.85. The summed E-state index contributed by atoms with van der Waals surface area (Å²) >= 11 is 5.38. The Morgan fingerprint density at radius 3 is 1.67 bits per heavy atom. The van der Waals surface area contributed by atoms with Gasteiger partial charge < -0.3 is 0 Å². The third-order valence-electron chi connectivity index (χ3n) is 0.289. The SMILES string of the molecule is CCSC.CS. The second-order valence-corrected chi connectivity index (χ2v) is 1.73. The van der Waals surface area contributed by atoms with Crippen LogP contribution >= 0.6 is 24.4 Å². The Labute approximate surface area is 50.1 Å². The molecule has 0 saturated heterocycles. The lowest BCUT2D eigenvalue weighted by atomic mass is 11.0. The van der Waals surface area contributed by atoms with E-state index in [9.17, 15) is 0 Å². The van der Waals surface area contributed by atoms with Crippen LogP contribution in [-0.2, 0) is 0 Å². The number of hydrogen-bond donors (Lipinski definition) is 1. The molecule has 0 rings (SSSR count). The Morgan fingerprint density at radius 1 is 1.50 bits per heavy atom. The fourth-order valence-electron chi connectivity index (χ4n) is 0. The number of hydrogen-bond acceptors (Lipinski definition) is 2. The van der Waals surface area contributed by atoms with Crippen LogP contribution in [0.3, 0.4) is 0 Å². The molecule has 0 amide bonds. The largest absolute Gasteiger partial charge is 0.183 e. The van der Waals surface area contributed by atoms with Gasteiger partial charge in [0.1, 0.15) is 0 Å². The predicted molar refractivity (Wildman–Crippen MR) is 39.0 cm³/mol. The molecule has 0 bridgehead atoms. The minimum absolute atomic E-state index is 1.24. The van der Waals surface area contributed by atoms with Crippen molar-refractivity contribution in [2.45, 2.75) is 6.92 Å². The molecule has 40 valence electrons.